The van der Waals surface area contributed by atoms with E-state index in [2.05, 4.69) is 19.2 Å². The van der Waals surface area contributed by atoms with Gasteiger partial charge in [-0.1, -0.05) is 13.8 Å². The lowest BCUT2D eigenvalue weighted by atomic mass is 10.2. The molecule has 0 radical (unpaired) electrons. The van der Waals surface area contributed by atoms with Crippen molar-refractivity contribution in [3.63, 3.8) is 0 Å². The largest absolute Gasteiger partial charge is 0.338 e. The molecule has 76 valence electrons. The van der Waals surface area contributed by atoms with Gasteiger partial charge >= 0.3 is 6.03 Å². The highest BCUT2D eigenvalue weighted by atomic mass is 32.2. The van der Waals surface area contributed by atoms with Gasteiger partial charge in [0.15, 0.2) is 0 Å². The zero-order valence-corrected chi connectivity index (χ0v) is 9.19. The van der Waals surface area contributed by atoms with Crippen LogP contribution in [-0.2, 0) is 0 Å². The Morgan fingerprint density at radius 2 is 2.08 bits per heavy atom. The molecule has 0 aromatic rings. The molecular formula is C9H18N2OS. The van der Waals surface area contributed by atoms with Gasteiger partial charge in [-0.3, -0.25) is 0 Å². The van der Waals surface area contributed by atoms with Crippen molar-refractivity contribution in [2.24, 2.45) is 5.92 Å². The van der Waals surface area contributed by atoms with Gasteiger partial charge in [0.25, 0.3) is 0 Å². The number of nitrogens with zero attached hydrogens (tertiary/aromatic N) is 1. The van der Waals surface area contributed by atoms with Crippen molar-refractivity contribution in [1.29, 1.82) is 0 Å². The number of hydrogen-bond acceptors (Lipinski definition) is 2. The Bertz CT molecular complexity index is 167. The van der Waals surface area contributed by atoms with Crippen LogP contribution >= 0.6 is 11.8 Å². The minimum absolute atomic E-state index is 0.106. The van der Waals surface area contributed by atoms with E-state index in [1.807, 2.05) is 16.7 Å². The lowest BCUT2D eigenvalue weighted by Crippen LogP contribution is -2.45. The third-order valence-electron chi connectivity index (χ3n) is 1.96. The smallest absolute Gasteiger partial charge is 0.317 e. The van der Waals surface area contributed by atoms with E-state index in [0.717, 1.165) is 31.1 Å². The fourth-order valence-corrected chi connectivity index (χ4v) is 2.07. The van der Waals surface area contributed by atoms with Crippen molar-refractivity contribution < 1.29 is 4.79 Å². The molecular weight excluding hydrogens is 184 g/mol. The maximum absolute atomic E-state index is 11.5. The summed E-state index contributed by atoms with van der Waals surface area (Å²) in [7, 11) is 0. The molecule has 1 aliphatic heterocycles. The Morgan fingerprint density at radius 3 is 2.62 bits per heavy atom. The second-order valence-electron chi connectivity index (χ2n) is 3.68. The monoisotopic (exact) mass is 202 g/mol. The van der Waals surface area contributed by atoms with Gasteiger partial charge in [0, 0.05) is 31.1 Å². The van der Waals surface area contributed by atoms with Gasteiger partial charge in [-0.25, -0.2) is 4.79 Å². The summed E-state index contributed by atoms with van der Waals surface area (Å²) < 4.78 is 0. The molecule has 1 heterocycles. The molecule has 1 aliphatic rings. The zero-order chi connectivity index (χ0) is 9.68. The summed E-state index contributed by atoms with van der Waals surface area (Å²) in [4.78, 5) is 13.4. The summed E-state index contributed by atoms with van der Waals surface area (Å²) in [6.45, 7) is 6.78. The first-order valence-electron chi connectivity index (χ1n) is 4.80. The van der Waals surface area contributed by atoms with Crippen molar-refractivity contribution in [3.8, 4) is 0 Å². The lowest BCUT2D eigenvalue weighted by Gasteiger charge is -2.26. The van der Waals surface area contributed by atoms with Crippen LogP contribution < -0.4 is 5.32 Å². The molecule has 0 aromatic carbocycles. The fraction of sp³-hybridized carbons (Fsp3) is 0.889. The van der Waals surface area contributed by atoms with Crippen LogP contribution in [0.15, 0.2) is 0 Å². The van der Waals surface area contributed by atoms with Crippen LogP contribution in [0.5, 0.6) is 0 Å². The number of amides is 2. The third kappa shape index (κ3) is 3.89. The number of carbonyl (C=O) groups is 1. The quantitative estimate of drug-likeness (QED) is 0.734. The summed E-state index contributed by atoms with van der Waals surface area (Å²) in [5.74, 6) is 2.69. The van der Waals surface area contributed by atoms with Crippen LogP contribution in [0.2, 0.25) is 0 Å². The van der Waals surface area contributed by atoms with Gasteiger partial charge < -0.3 is 10.2 Å². The van der Waals surface area contributed by atoms with E-state index in [1.54, 1.807) is 0 Å². The molecule has 4 heteroatoms. The molecule has 1 saturated heterocycles. The molecule has 1 N–H and O–H groups in total. The van der Waals surface area contributed by atoms with Crippen LogP contribution in [0.1, 0.15) is 13.8 Å². The molecule has 0 unspecified atom stereocenters. The van der Waals surface area contributed by atoms with E-state index >= 15 is 0 Å². The number of carbonyl (C=O) groups excluding carboxylic acids is 1. The Labute approximate surface area is 84.2 Å². The van der Waals surface area contributed by atoms with Gasteiger partial charge in [-0.05, 0) is 5.92 Å². The Kier molecular flexibility index (Phi) is 4.42. The maximum atomic E-state index is 11.5. The van der Waals surface area contributed by atoms with Crippen LogP contribution in [-0.4, -0.2) is 42.1 Å². The zero-order valence-electron chi connectivity index (χ0n) is 8.38. The summed E-state index contributed by atoms with van der Waals surface area (Å²) in [5, 5.41) is 2.93. The first-order chi connectivity index (χ1) is 6.20. The molecule has 0 aliphatic carbocycles. The predicted molar refractivity (Wildman–Crippen MR) is 57.1 cm³/mol. The van der Waals surface area contributed by atoms with E-state index in [9.17, 15) is 4.79 Å². The Hall–Kier alpha value is -0.380. The van der Waals surface area contributed by atoms with Crippen molar-refractivity contribution in [1.82, 2.24) is 10.2 Å². The van der Waals surface area contributed by atoms with Crippen LogP contribution in [0.4, 0.5) is 4.79 Å². The molecule has 2 amide bonds. The first-order valence-corrected chi connectivity index (χ1v) is 5.96. The van der Waals surface area contributed by atoms with Crippen molar-refractivity contribution in [2.45, 2.75) is 13.8 Å². The molecule has 0 aromatic heterocycles. The second kappa shape index (κ2) is 5.37. The number of urea groups is 1. The maximum Gasteiger partial charge on any atom is 0.317 e. The van der Waals surface area contributed by atoms with Gasteiger partial charge in [-0.2, -0.15) is 11.8 Å². The van der Waals surface area contributed by atoms with E-state index in [-0.39, 0.29) is 6.03 Å². The second-order valence-corrected chi connectivity index (χ2v) is 4.90. The molecule has 3 nitrogen and oxygen atoms in total. The summed E-state index contributed by atoms with van der Waals surface area (Å²) in [6, 6.07) is 0.106. The van der Waals surface area contributed by atoms with E-state index in [4.69, 9.17) is 0 Å². The molecule has 0 bridgehead atoms. The van der Waals surface area contributed by atoms with Gasteiger partial charge in [0.2, 0.25) is 0 Å². The SMILES string of the molecule is CC(C)CNC(=O)N1CCSCC1. The topological polar surface area (TPSA) is 32.3 Å². The molecule has 0 atom stereocenters. The van der Waals surface area contributed by atoms with Crippen LogP contribution in [0, 0.1) is 5.92 Å². The number of thioether (sulfide) groups is 1. The number of hydrogen-bond donors (Lipinski definition) is 1. The molecule has 0 spiro atoms. The number of rotatable bonds is 2. The fourth-order valence-electron chi connectivity index (χ4n) is 1.17. The molecule has 1 fully saturated rings. The van der Waals surface area contributed by atoms with Crippen molar-refractivity contribution in [3.05, 3.63) is 0 Å². The Balaban J connectivity index is 2.21. The van der Waals surface area contributed by atoms with Gasteiger partial charge in [0.1, 0.15) is 0 Å². The van der Waals surface area contributed by atoms with Gasteiger partial charge in [-0.15, -0.1) is 0 Å². The normalized spacial score (nSPS) is 17.6. The van der Waals surface area contributed by atoms with Crippen LogP contribution in [0.25, 0.3) is 0 Å². The van der Waals surface area contributed by atoms with E-state index in [0.29, 0.717) is 5.92 Å². The highest BCUT2D eigenvalue weighted by Gasteiger charge is 2.15. The summed E-state index contributed by atoms with van der Waals surface area (Å²) in [6.07, 6.45) is 0. The molecule has 0 saturated carbocycles. The highest BCUT2D eigenvalue weighted by molar-refractivity contribution is 7.99. The standard InChI is InChI=1S/C9H18N2OS/c1-8(2)7-10-9(12)11-3-5-13-6-4-11/h8H,3-7H2,1-2H3,(H,10,12). The highest BCUT2D eigenvalue weighted by Crippen LogP contribution is 2.08. The Morgan fingerprint density at radius 1 is 1.46 bits per heavy atom. The van der Waals surface area contributed by atoms with E-state index < -0.39 is 0 Å². The summed E-state index contributed by atoms with van der Waals surface area (Å²) in [5.41, 5.74) is 0. The van der Waals surface area contributed by atoms with Crippen molar-refractivity contribution in [2.75, 3.05) is 31.1 Å². The average molecular weight is 202 g/mol. The average Bonchev–Trinajstić information content (AvgIpc) is 2.15. The third-order valence-corrected chi connectivity index (χ3v) is 2.90. The van der Waals surface area contributed by atoms with Crippen molar-refractivity contribution >= 4 is 17.8 Å². The first kappa shape index (κ1) is 10.7. The van der Waals surface area contributed by atoms with Gasteiger partial charge in [0.05, 0.1) is 0 Å². The molecule has 1 rings (SSSR count). The minimum Gasteiger partial charge on any atom is -0.338 e. The summed E-state index contributed by atoms with van der Waals surface area (Å²) >= 11 is 1.92. The predicted octanol–water partition coefficient (Wildman–Crippen LogP) is 1.40. The molecule has 13 heavy (non-hydrogen) atoms. The van der Waals surface area contributed by atoms with E-state index in [1.165, 1.54) is 0 Å². The lowest BCUT2D eigenvalue weighted by molar-refractivity contribution is 0.202. The van der Waals surface area contributed by atoms with Crippen LogP contribution in [0.3, 0.4) is 0 Å². The number of nitrogens with one attached hydrogen (secondary N) is 1. The minimum atomic E-state index is 0.106.